The van der Waals surface area contributed by atoms with Crippen molar-refractivity contribution in [3.05, 3.63) is 72.4 Å². The number of carbonyl (C=O) groups is 4. The lowest BCUT2D eigenvalue weighted by atomic mass is 9.99. The largest absolute Gasteiger partial charge is 0.453 e. The number of nitrogens with one attached hydrogen (secondary N) is 4. The van der Waals surface area contributed by atoms with Crippen LogP contribution >= 0.6 is 0 Å². The summed E-state index contributed by atoms with van der Waals surface area (Å²) in [7, 11) is -0.501. The molecule has 3 aromatic carbocycles. The van der Waals surface area contributed by atoms with Gasteiger partial charge in [0.25, 0.3) is 0 Å². The number of imidazole rings is 2. The van der Waals surface area contributed by atoms with Crippen molar-refractivity contribution in [3.8, 4) is 22.4 Å². The van der Waals surface area contributed by atoms with Gasteiger partial charge in [-0.25, -0.2) is 14.8 Å². The van der Waals surface area contributed by atoms with Gasteiger partial charge in [0.2, 0.25) is 17.7 Å². The maximum Gasteiger partial charge on any atom is 0.407 e. The number of benzene rings is 3. The first-order valence-corrected chi connectivity index (χ1v) is 23.5. The normalized spacial score (nSPS) is 17.5. The molecular weight excluding hydrogens is 753 g/mol. The van der Waals surface area contributed by atoms with Crippen LogP contribution in [0, 0.1) is 11.8 Å². The lowest BCUT2D eigenvalue weighted by molar-refractivity contribution is -0.139. The fourth-order valence-corrected chi connectivity index (χ4v) is 11.0. The average Bonchev–Trinajstić information content (AvgIpc) is 3.61. The number of nitrogens with zero attached hydrogens (tertiary/aromatic N) is 4. The molecule has 2 fully saturated rings. The molecule has 5 N–H and O–H groups in total. The van der Waals surface area contributed by atoms with E-state index in [0.29, 0.717) is 18.5 Å². The third kappa shape index (κ3) is 8.51. The Morgan fingerprint density at radius 3 is 2.28 bits per heavy atom. The number of alkyl carbamates (subject to hydrolysis) is 1. The smallest absolute Gasteiger partial charge is 0.407 e. The van der Waals surface area contributed by atoms with Crippen LogP contribution in [0.4, 0.5) is 4.79 Å². The van der Waals surface area contributed by atoms with Crippen LogP contribution in [0.2, 0.25) is 19.1 Å². The number of hydrogen-bond acceptors (Lipinski definition) is 8. The van der Waals surface area contributed by atoms with E-state index in [1.807, 2.05) is 43.6 Å². The fourth-order valence-electron chi connectivity index (χ4n) is 8.07. The molecule has 306 valence electrons. The van der Waals surface area contributed by atoms with E-state index in [2.05, 4.69) is 87.2 Å². The van der Waals surface area contributed by atoms with E-state index in [0.717, 1.165) is 68.9 Å². The van der Waals surface area contributed by atoms with Crippen molar-refractivity contribution < 1.29 is 29.0 Å². The predicted octanol–water partition coefficient (Wildman–Crippen LogP) is 5.91. The van der Waals surface area contributed by atoms with Crippen molar-refractivity contribution in [2.45, 2.75) is 90.4 Å². The van der Waals surface area contributed by atoms with Crippen LogP contribution in [0.25, 0.3) is 44.2 Å². The summed E-state index contributed by atoms with van der Waals surface area (Å²) in [5.41, 5.74) is 5.67. The molecular formula is C43H54N8O6Si. The minimum absolute atomic E-state index is 0.110. The molecule has 2 aromatic heterocycles. The molecule has 2 aliphatic rings. The number of ether oxygens (including phenoxy) is 1. The van der Waals surface area contributed by atoms with Crippen molar-refractivity contribution >= 4 is 53.7 Å². The highest BCUT2D eigenvalue weighted by molar-refractivity contribution is 6.78. The number of carbonyl (C=O) groups excluding carboxylic acids is 4. The van der Waals surface area contributed by atoms with Crippen LogP contribution in [-0.2, 0) is 25.7 Å². The molecule has 3 atom stereocenters. The third-order valence-electron chi connectivity index (χ3n) is 11.3. The van der Waals surface area contributed by atoms with Crippen molar-refractivity contribution in [2.75, 3.05) is 19.9 Å². The topological polar surface area (TPSA) is 186 Å². The maximum absolute atomic E-state index is 13.9. The molecule has 0 spiro atoms. The molecule has 3 heterocycles. The predicted molar refractivity (Wildman–Crippen MR) is 225 cm³/mol. The SMILES string of the molecule is COC(=O)NC(C(=O)N(Cc1ncc(-c2ccc(-c3ccc4c(ccc5nc([C@@H]6C[Si](C)(C)CN6C(=O)C(NC(=O)CO)C(C)C)[nH]c54)c3)cc2)[nH]1)C1CC1)C(C)C. The minimum Gasteiger partial charge on any atom is -0.453 e. The first-order chi connectivity index (χ1) is 27.7. The average molecular weight is 807 g/mol. The van der Waals surface area contributed by atoms with Crippen molar-refractivity contribution in [3.63, 3.8) is 0 Å². The fraction of sp³-hybridized carbons (Fsp3) is 0.442. The van der Waals surface area contributed by atoms with Gasteiger partial charge in [-0.15, -0.1) is 0 Å². The summed E-state index contributed by atoms with van der Waals surface area (Å²) in [4.78, 5) is 71.9. The van der Waals surface area contributed by atoms with Crippen molar-refractivity contribution in [1.82, 2.24) is 40.4 Å². The Morgan fingerprint density at radius 2 is 1.62 bits per heavy atom. The lowest BCUT2D eigenvalue weighted by Gasteiger charge is -2.30. The number of amides is 4. The van der Waals surface area contributed by atoms with Crippen LogP contribution < -0.4 is 10.6 Å². The highest BCUT2D eigenvalue weighted by Crippen LogP contribution is 2.39. The summed E-state index contributed by atoms with van der Waals surface area (Å²) < 4.78 is 4.76. The van der Waals surface area contributed by atoms with E-state index in [-0.39, 0.29) is 35.7 Å². The van der Waals surface area contributed by atoms with Crippen LogP contribution in [0.5, 0.6) is 0 Å². The Hall–Kier alpha value is -5.54. The van der Waals surface area contributed by atoms with Crippen LogP contribution in [0.1, 0.15) is 58.2 Å². The Kier molecular flexibility index (Phi) is 11.5. The van der Waals surface area contributed by atoms with Gasteiger partial charge in [-0.2, -0.15) is 0 Å². The second-order valence-corrected chi connectivity index (χ2v) is 22.2. The van der Waals surface area contributed by atoms with Gasteiger partial charge >= 0.3 is 6.09 Å². The number of aliphatic hydroxyl groups excluding tert-OH is 1. The Morgan fingerprint density at radius 1 is 0.931 bits per heavy atom. The van der Waals surface area contributed by atoms with Gasteiger partial charge < -0.3 is 40.2 Å². The van der Waals surface area contributed by atoms with Crippen molar-refractivity contribution in [1.29, 1.82) is 0 Å². The number of aromatic amines is 2. The zero-order valence-corrected chi connectivity index (χ0v) is 35.3. The number of aromatic nitrogens is 4. The number of fused-ring (bicyclic) bond motifs is 3. The quantitative estimate of drug-likeness (QED) is 0.0910. The first-order valence-electron chi connectivity index (χ1n) is 20.1. The van der Waals surface area contributed by atoms with Gasteiger partial charge in [-0.1, -0.05) is 83.3 Å². The number of hydrogen-bond donors (Lipinski definition) is 5. The molecule has 2 unspecified atom stereocenters. The first kappa shape index (κ1) is 40.6. The van der Waals surface area contributed by atoms with Crippen molar-refractivity contribution in [2.24, 2.45) is 11.8 Å². The molecule has 0 radical (unpaired) electrons. The summed E-state index contributed by atoms with van der Waals surface area (Å²) in [6.07, 6.45) is 3.66. The Labute approximate surface area is 339 Å². The number of methoxy groups -OCH3 is 1. The van der Waals surface area contributed by atoms with E-state index in [9.17, 15) is 24.3 Å². The molecule has 5 aromatic rings. The van der Waals surface area contributed by atoms with Gasteiger partial charge in [-0.3, -0.25) is 14.4 Å². The summed E-state index contributed by atoms with van der Waals surface area (Å²) in [5, 5.41) is 16.9. The van der Waals surface area contributed by atoms with Gasteiger partial charge in [0.05, 0.1) is 50.7 Å². The lowest BCUT2D eigenvalue weighted by Crippen LogP contribution is -2.52. The maximum atomic E-state index is 13.9. The second kappa shape index (κ2) is 16.4. The van der Waals surface area contributed by atoms with Gasteiger partial charge in [0, 0.05) is 17.6 Å². The van der Waals surface area contributed by atoms with E-state index in [1.54, 1.807) is 6.20 Å². The monoisotopic (exact) mass is 806 g/mol. The van der Waals surface area contributed by atoms with E-state index in [1.165, 1.54) is 7.11 Å². The number of H-pyrrole nitrogens is 2. The highest BCUT2D eigenvalue weighted by Gasteiger charge is 2.46. The molecule has 1 saturated heterocycles. The molecule has 15 heteroatoms. The molecule has 1 aliphatic heterocycles. The van der Waals surface area contributed by atoms with Gasteiger partial charge in [0.1, 0.15) is 30.3 Å². The summed E-state index contributed by atoms with van der Waals surface area (Å²) >= 11 is 0. The molecule has 7 rings (SSSR count). The molecule has 0 bridgehead atoms. The summed E-state index contributed by atoms with van der Waals surface area (Å²) in [5.74, 6) is 0.309. The van der Waals surface area contributed by atoms with Crippen LogP contribution in [0.3, 0.4) is 0 Å². The zero-order chi connectivity index (χ0) is 41.5. The summed E-state index contributed by atoms with van der Waals surface area (Å²) in [6, 6.07) is 18.0. The summed E-state index contributed by atoms with van der Waals surface area (Å²) in [6.45, 7) is 11.8. The van der Waals surface area contributed by atoms with Crippen LogP contribution in [-0.4, -0.2) is 105 Å². The zero-order valence-electron chi connectivity index (χ0n) is 34.3. The minimum atomic E-state index is -1.79. The number of rotatable bonds is 13. The van der Waals surface area contributed by atoms with E-state index >= 15 is 0 Å². The second-order valence-electron chi connectivity index (χ2n) is 17.2. The van der Waals surface area contributed by atoms with Crippen LogP contribution in [0.15, 0.2) is 60.8 Å². The van der Waals surface area contributed by atoms with E-state index < -0.39 is 38.8 Å². The standard InChI is InChI=1S/C43H54N8O6Si/c1-24(2)37(47-36(53)21-52)42(55)51-23-58(6,7)22-34(51)40-46-32-17-13-29-18-28(12-16-31(29)39(32)48-40)26-8-10-27(11-9-26)33-19-44-35(45-33)20-50(30-14-15-30)41(54)38(25(3)4)49-43(56)57-5/h8-13,16-19,24-25,30,34,37-38,52H,14-15,20-23H2,1-7H3,(H,44,45)(H,46,48)(H,47,53)(H,49,56)/t34-,37?,38?/m0/s1. The molecule has 58 heavy (non-hydrogen) atoms. The molecule has 14 nitrogen and oxygen atoms in total. The molecule has 4 amide bonds. The molecule has 1 saturated carbocycles. The van der Waals surface area contributed by atoms with Gasteiger partial charge in [0.15, 0.2) is 0 Å². The van der Waals surface area contributed by atoms with E-state index in [4.69, 9.17) is 9.72 Å². The van der Waals surface area contributed by atoms with Gasteiger partial charge in [-0.05, 0) is 64.9 Å². The molecule has 1 aliphatic carbocycles. The Balaban J connectivity index is 1.08. The Bertz CT molecular complexity index is 2330. The number of aliphatic hydroxyl groups is 1. The highest BCUT2D eigenvalue weighted by atomic mass is 28.3. The third-order valence-corrected chi connectivity index (χ3v) is 14.0.